The normalized spacial score (nSPS) is 25.6. The molecule has 3 saturated heterocycles. The third-order valence-corrected chi connectivity index (χ3v) is 14.8. The van der Waals surface area contributed by atoms with Gasteiger partial charge in [0.2, 0.25) is 0 Å². The predicted molar refractivity (Wildman–Crippen MR) is 202 cm³/mol. The number of likely N-dealkylation sites (tertiary alicyclic amines) is 1. The van der Waals surface area contributed by atoms with Gasteiger partial charge in [-0.1, -0.05) is 18.4 Å². The first-order valence-electron chi connectivity index (χ1n) is 19.3. The highest BCUT2D eigenvalue weighted by Gasteiger charge is 2.55. The number of terminal acetylenes is 1. The lowest BCUT2D eigenvalue weighted by atomic mass is 9.60. The van der Waals surface area contributed by atoms with Gasteiger partial charge in [0.1, 0.15) is 38.4 Å². The summed E-state index contributed by atoms with van der Waals surface area (Å²) >= 11 is 0. The summed E-state index contributed by atoms with van der Waals surface area (Å²) in [6.45, 7) is 3.73. The smallest absolute Gasteiger partial charge is 0.319 e. The fourth-order valence-corrected chi connectivity index (χ4v) is 12.1. The molecule has 2 unspecified atom stereocenters. The number of hydrogen-bond donors (Lipinski definition) is 1. The van der Waals surface area contributed by atoms with Crippen LogP contribution in [0.3, 0.4) is 0 Å². The third-order valence-electron chi connectivity index (χ3n) is 13.1. The molecule has 10 nitrogen and oxygen atoms in total. The summed E-state index contributed by atoms with van der Waals surface area (Å²) in [5.74, 6) is 2.01. The van der Waals surface area contributed by atoms with Gasteiger partial charge in [-0.2, -0.15) is 9.97 Å². The molecular formula is C41H45F2N5O5S. The minimum absolute atomic E-state index is 0.0142. The summed E-state index contributed by atoms with van der Waals surface area (Å²) < 4.78 is 68.6. The van der Waals surface area contributed by atoms with Crippen LogP contribution in [-0.4, -0.2) is 96.4 Å². The van der Waals surface area contributed by atoms with Gasteiger partial charge in [-0.3, -0.25) is 9.88 Å². The Morgan fingerprint density at radius 2 is 1.83 bits per heavy atom. The summed E-state index contributed by atoms with van der Waals surface area (Å²) in [7, 11) is -2.90. The number of hydrogen-bond acceptors (Lipinski definition) is 10. The number of aromatic hydroxyl groups is 1. The highest BCUT2D eigenvalue weighted by atomic mass is 32.2. The maximum absolute atomic E-state index is 17.0. The van der Waals surface area contributed by atoms with Crippen molar-refractivity contribution in [2.75, 3.05) is 55.9 Å². The van der Waals surface area contributed by atoms with Gasteiger partial charge < -0.3 is 19.5 Å². The van der Waals surface area contributed by atoms with Crippen LogP contribution in [0.2, 0.25) is 0 Å². The molecule has 13 heteroatoms. The van der Waals surface area contributed by atoms with Gasteiger partial charge in [-0.25, -0.2) is 17.2 Å². The molecule has 4 aromatic rings. The van der Waals surface area contributed by atoms with Crippen LogP contribution in [0.1, 0.15) is 69.8 Å². The highest BCUT2D eigenvalue weighted by molar-refractivity contribution is 7.91. The van der Waals surface area contributed by atoms with E-state index in [-0.39, 0.29) is 50.3 Å². The number of benzene rings is 2. The molecule has 2 aromatic carbocycles. The molecule has 0 bridgehead atoms. The second-order valence-electron chi connectivity index (χ2n) is 16.2. The molecule has 2 aliphatic carbocycles. The molecule has 5 heterocycles. The maximum Gasteiger partial charge on any atom is 0.319 e. The fraction of sp³-hybridized carbons (Fsp3) is 0.537. The minimum Gasteiger partial charge on any atom is -0.508 e. The Morgan fingerprint density at radius 1 is 1.02 bits per heavy atom. The molecule has 284 valence electrons. The summed E-state index contributed by atoms with van der Waals surface area (Å²) in [6, 6.07) is 6.42. The fourth-order valence-electron chi connectivity index (χ4n) is 10.4. The SMILES string of the molecule is C#Cc1c(F)ccc2cc(O)cc(-c3ncc4c(N5CCCOCC5)nc(OCC56CCCC5N(C5CC7(CCS(=O)(=O)CC7)C5)CCC6)nc4c3F)c12. The van der Waals surface area contributed by atoms with E-state index in [2.05, 4.69) is 20.7 Å². The number of rotatable bonds is 6. The summed E-state index contributed by atoms with van der Waals surface area (Å²) in [4.78, 5) is 18.9. The molecule has 2 atom stereocenters. The third kappa shape index (κ3) is 6.14. The van der Waals surface area contributed by atoms with Gasteiger partial charge in [0.05, 0.1) is 35.7 Å². The van der Waals surface area contributed by atoms with Gasteiger partial charge in [0.15, 0.2) is 5.82 Å². The number of sulfone groups is 1. The van der Waals surface area contributed by atoms with Crippen molar-refractivity contribution in [1.82, 2.24) is 19.9 Å². The van der Waals surface area contributed by atoms with E-state index in [1.165, 1.54) is 30.5 Å². The number of anilines is 1. The lowest BCUT2D eigenvalue weighted by Gasteiger charge is -2.58. The molecule has 3 aliphatic heterocycles. The molecule has 1 N–H and O–H groups in total. The number of aromatic nitrogens is 3. The first kappa shape index (κ1) is 35.6. The molecule has 1 spiro atoms. The number of fused-ring (bicyclic) bond motifs is 3. The van der Waals surface area contributed by atoms with Crippen LogP contribution in [0.5, 0.6) is 11.8 Å². The number of halogens is 2. The first-order valence-corrected chi connectivity index (χ1v) is 21.1. The molecule has 2 saturated carbocycles. The number of phenols is 1. The van der Waals surface area contributed by atoms with E-state index in [1.54, 1.807) is 0 Å². The first-order chi connectivity index (χ1) is 26.1. The highest BCUT2D eigenvalue weighted by Crippen LogP contribution is 2.56. The lowest BCUT2D eigenvalue weighted by molar-refractivity contribution is -0.0832. The van der Waals surface area contributed by atoms with Gasteiger partial charge in [-0.15, -0.1) is 6.42 Å². The van der Waals surface area contributed by atoms with Crippen molar-refractivity contribution in [3.63, 3.8) is 0 Å². The monoisotopic (exact) mass is 757 g/mol. The van der Waals surface area contributed by atoms with E-state index in [0.717, 1.165) is 70.8 Å². The second-order valence-corrected chi connectivity index (χ2v) is 18.5. The lowest BCUT2D eigenvalue weighted by Crippen LogP contribution is -2.61. The quantitative estimate of drug-likeness (QED) is 0.221. The van der Waals surface area contributed by atoms with Crippen LogP contribution in [-0.2, 0) is 14.6 Å². The second kappa shape index (κ2) is 13.6. The average molecular weight is 758 g/mol. The Hall–Kier alpha value is -4.12. The summed E-state index contributed by atoms with van der Waals surface area (Å²) in [5, 5.41) is 11.8. The molecule has 54 heavy (non-hydrogen) atoms. The Labute approximate surface area is 314 Å². The summed E-state index contributed by atoms with van der Waals surface area (Å²) in [6.07, 6.45) is 17.0. The van der Waals surface area contributed by atoms with E-state index >= 15 is 4.39 Å². The number of phenolic OH excluding ortho intramolecular Hbond substituents is 1. The van der Waals surface area contributed by atoms with Crippen molar-refractivity contribution in [2.24, 2.45) is 10.8 Å². The van der Waals surface area contributed by atoms with E-state index in [9.17, 15) is 17.9 Å². The van der Waals surface area contributed by atoms with Crippen molar-refractivity contribution in [3.05, 3.63) is 47.7 Å². The van der Waals surface area contributed by atoms with Crippen LogP contribution in [0.15, 0.2) is 30.5 Å². The van der Waals surface area contributed by atoms with E-state index in [1.807, 2.05) is 0 Å². The van der Waals surface area contributed by atoms with Gasteiger partial charge in [0, 0.05) is 54.3 Å². The van der Waals surface area contributed by atoms with Crippen molar-refractivity contribution in [3.8, 4) is 35.4 Å². The Balaban J connectivity index is 1.06. The van der Waals surface area contributed by atoms with E-state index in [4.69, 9.17) is 25.9 Å². The Bertz CT molecular complexity index is 2270. The van der Waals surface area contributed by atoms with Crippen LogP contribution in [0.25, 0.3) is 32.9 Å². The van der Waals surface area contributed by atoms with Crippen molar-refractivity contribution >= 4 is 37.3 Å². The minimum atomic E-state index is -2.90. The molecule has 5 aliphatic rings. The van der Waals surface area contributed by atoms with E-state index < -0.39 is 21.5 Å². The Morgan fingerprint density at radius 3 is 2.65 bits per heavy atom. The maximum atomic E-state index is 17.0. The van der Waals surface area contributed by atoms with E-state index in [0.29, 0.717) is 73.1 Å². The Kier molecular flexibility index (Phi) is 8.94. The predicted octanol–water partition coefficient (Wildman–Crippen LogP) is 6.41. The van der Waals surface area contributed by atoms with Crippen LogP contribution < -0.4 is 9.64 Å². The molecule has 9 rings (SSSR count). The zero-order chi connectivity index (χ0) is 37.2. The zero-order valence-corrected chi connectivity index (χ0v) is 31.1. The number of ether oxygens (including phenoxy) is 2. The molecule has 0 radical (unpaired) electrons. The van der Waals surface area contributed by atoms with Crippen molar-refractivity contribution in [1.29, 1.82) is 0 Å². The van der Waals surface area contributed by atoms with Gasteiger partial charge in [-0.05, 0) is 93.3 Å². The topological polar surface area (TPSA) is 118 Å². The molecule has 5 fully saturated rings. The van der Waals surface area contributed by atoms with Crippen LogP contribution in [0, 0.1) is 34.8 Å². The van der Waals surface area contributed by atoms with Crippen LogP contribution >= 0.6 is 0 Å². The van der Waals surface area contributed by atoms with Crippen LogP contribution in [0.4, 0.5) is 14.6 Å². The molecular weight excluding hydrogens is 713 g/mol. The number of pyridine rings is 1. The number of piperidine rings is 1. The molecule has 0 amide bonds. The van der Waals surface area contributed by atoms with Crippen molar-refractivity contribution in [2.45, 2.75) is 76.3 Å². The van der Waals surface area contributed by atoms with Gasteiger partial charge in [0.25, 0.3) is 0 Å². The largest absolute Gasteiger partial charge is 0.508 e. The standard InChI is InChI=1S/C41H45F2N5O5S/c1-2-29-32(42)8-7-26-20-28(49)21-30(34(26)29)36-35(43)37-31(24-44-36)38(47-13-5-16-52-17-15-47)46-39(45-37)53-25-41-9-3-6-33(41)48(14-4-10-41)27-22-40(23-27)11-18-54(50,51)19-12-40/h1,7-8,20-21,24,27,33,49H,3-6,9-19,22-23,25H2. The van der Waals surface area contributed by atoms with Gasteiger partial charge >= 0.3 is 6.01 Å². The number of nitrogens with zero attached hydrogens (tertiary/aromatic N) is 5. The van der Waals surface area contributed by atoms with Crippen molar-refractivity contribution < 1.29 is 31.8 Å². The zero-order valence-electron chi connectivity index (χ0n) is 30.3. The summed E-state index contributed by atoms with van der Waals surface area (Å²) in [5.41, 5.74) is 0.0793. The average Bonchev–Trinajstić information content (AvgIpc) is 3.40. The molecule has 2 aromatic heterocycles.